The summed E-state index contributed by atoms with van der Waals surface area (Å²) in [5, 5.41) is 6.36. The summed E-state index contributed by atoms with van der Waals surface area (Å²) in [6, 6.07) is 8.01. The molecule has 0 bridgehead atoms. The van der Waals surface area contributed by atoms with Crippen LogP contribution >= 0.6 is 0 Å². The number of nitrogens with one attached hydrogen (secondary N) is 1. The second-order valence-corrected chi connectivity index (χ2v) is 4.01. The Morgan fingerprint density at radius 2 is 2.00 bits per heavy atom. The number of aryl methyl sites for hydroxylation is 2. The van der Waals surface area contributed by atoms with E-state index in [4.69, 9.17) is 4.52 Å². The van der Waals surface area contributed by atoms with Crippen LogP contribution in [0, 0.1) is 13.8 Å². The molecule has 2 rings (SSSR count). The maximum absolute atomic E-state index is 11.7. The Kier molecular flexibility index (Phi) is 3.23. The smallest absolute Gasteiger partial charge is 0.290 e. The van der Waals surface area contributed by atoms with Crippen LogP contribution in [0.2, 0.25) is 0 Å². The molecule has 0 aliphatic rings. The Bertz CT molecular complexity index is 514. The Balaban J connectivity index is 1.97. The lowest BCUT2D eigenvalue weighted by molar-refractivity contribution is 0.0913. The highest BCUT2D eigenvalue weighted by atomic mass is 16.5. The van der Waals surface area contributed by atoms with Gasteiger partial charge in [0.1, 0.15) is 0 Å². The van der Waals surface area contributed by atoms with Gasteiger partial charge in [0.05, 0.1) is 6.20 Å². The average Bonchev–Trinajstić information content (AvgIpc) is 2.74. The first-order chi connectivity index (χ1) is 8.16. The summed E-state index contributed by atoms with van der Waals surface area (Å²) < 4.78 is 4.87. The van der Waals surface area contributed by atoms with Gasteiger partial charge in [0.25, 0.3) is 5.91 Å². The standard InChI is InChI=1S/C13H14N2O2/c1-9-3-5-11(6-4-9)8-14-13(16)12-10(2)7-15-17-12/h3-7H,8H2,1-2H3,(H,14,16). The summed E-state index contributed by atoms with van der Waals surface area (Å²) in [5.41, 5.74) is 3.00. The fourth-order valence-electron chi connectivity index (χ4n) is 1.48. The molecule has 0 aliphatic carbocycles. The van der Waals surface area contributed by atoms with Crippen molar-refractivity contribution in [3.63, 3.8) is 0 Å². The highest BCUT2D eigenvalue weighted by Crippen LogP contribution is 2.07. The van der Waals surface area contributed by atoms with E-state index in [9.17, 15) is 4.79 Å². The van der Waals surface area contributed by atoms with Crippen LogP contribution in [0.15, 0.2) is 35.0 Å². The van der Waals surface area contributed by atoms with Crippen molar-refractivity contribution in [2.24, 2.45) is 0 Å². The van der Waals surface area contributed by atoms with E-state index in [1.807, 2.05) is 31.2 Å². The van der Waals surface area contributed by atoms with E-state index in [0.717, 1.165) is 11.1 Å². The molecule has 0 saturated heterocycles. The summed E-state index contributed by atoms with van der Waals surface area (Å²) in [6.45, 7) is 4.30. The maximum Gasteiger partial charge on any atom is 0.290 e. The monoisotopic (exact) mass is 230 g/mol. The quantitative estimate of drug-likeness (QED) is 0.879. The maximum atomic E-state index is 11.7. The number of rotatable bonds is 3. The zero-order chi connectivity index (χ0) is 12.3. The highest BCUT2D eigenvalue weighted by molar-refractivity contribution is 5.92. The molecule has 4 nitrogen and oxygen atoms in total. The van der Waals surface area contributed by atoms with E-state index in [2.05, 4.69) is 10.5 Å². The lowest BCUT2D eigenvalue weighted by Crippen LogP contribution is -2.22. The first kappa shape index (κ1) is 11.4. The summed E-state index contributed by atoms with van der Waals surface area (Å²) in [5.74, 6) is 0.0395. The Morgan fingerprint density at radius 3 is 2.59 bits per heavy atom. The number of hydrogen-bond donors (Lipinski definition) is 1. The van der Waals surface area contributed by atoms with Crippen LogP contribution in [0.1, 0.15) is 27.2 Å². The molecule has 4 heteroatoms. The van der Waals surface area contributed by atoms with Crippen molar-refractivity contribution in [3.8, 4) is 0 Å². The van der Waals surface area contributed by atoms with Crippen molar-refractivity contribution in [2.45, 2.75) is 20.4 Å². The third kappa shape index (κ3) is 2.72. The van der Waals surface area contributed by atoms with Crippen LogP contribution < -0.4 is 5.32 Å². The SMILES string of the molecule is Cc1ccc(CNC(=O)c2oncc2C)cc1. The van der Waals surface area contributed by atoms with Gasteiger partial charge in [0, 0.05) is 12.1 Å². The van der Waals surface area contributed by atoms with Crippen LogP contribution in [0.25, 0.3) is 0 Å². The summed E-state index contributed by atoms with van der Waals surface area (Å²) in [4.78, 5) is 11.7. The first-order valence-corrected chi connectivity index (χ1v) is 5.42. The Hall–Kier alpha value is -2.10. The van der Waals surface area contributed by atoms with Gasteiger partial charge < -0.3 is 9.84 Å². The number of carbonyl (C=O) groups excluding carboxylic acids is 1. The third-order valence-corrected chi connectivity index (χ3v) is 2.53. The predicted molar refractivity (Wildman–Crippen MR) is 63.6 cm³/mol. The molecule has 0 atom stereocenters. The normalized spacial score (nSPS) is 10.2. The predicted octanol–water partition coefficient (Wildman–Crippen LogP) is 2.22. The van der Waals surface area contributed by atoms with Crippen molar-refractivity contribution in [1.29, 1.82) is 0 Å². The average molecular weight is 230 g/mol. The van der Waals surface area contributed by atoms with Gasteiger partial charge >= 0.3 is 0 Å². The lowest BCUT2D eigenvalue weighted by Gasteiger charge is -2.03. The number of amides is 1. The van der Waals surface area contributed by atoms with Gasteiger partial charge in [0.15, 0.2) is 0 Å². The molecule has 17 heavy (non-hydrogen) atoms. The zero-order valence-corrected chi connectivity index (χ0v) is 9.86. The van der Waals surface area contributed by atoms with Gasteiger partial charge in [-0.1, -0.05) is 35.0 Å². The zero-order valence-electron chi connectivity index (χ0n) is 9.86. The van der Waals surface area contributed by atoms with E-state index in [1.54, 1.807) is 6.92 Å². The minimum Gasteiger partial charge on any atom is -0.351 e. The summed E-state index contributed by atoms with van der Waals surface area (Å²) in [7, 11) is 0. The van der Waals surface area contributed by atoms with Gasteiger partial charge in [-0.15, -0.1) is 0 Å². The minimum absolute atomic E-state index is 0.236. The van der Waals surface area contributed by atoms with E-state index in [1.165, 1.54) is 11.8 Å². The largest absolute Gasteiger partial charge is 0.351 e. The second kappa shape index (κ2) is 4.82. The van der Waals surface area contributed by atoms with E-state index in [-0.39, 0.29) is 11.7 Å². The molecule has 1 amide bonds. The molecule has 0 fully saturated rings. The van der Waals surface area contributed by atoms with Crippen molar-refractivity contribution in [3.05, 3.63) is 52.9 Å². The molecule has 2 aromatic rings. The molecule has 1 heterocycles. The van der Waals surface area contributed by atoms with Gasteiger partial charge in [-0.25, -0.2) is 0 Å². The van der Waals surface area contributed by atoms with Gasteiger partial charge in [-0.3, -0.25) is 4.79 Å². The fourth-order valence-corrected chi connectivity index (χ4v) is 1.48. The number of aromatic nitrogens is 1. The van der Waals surface area contributed by atoms with Crippen LogP contribution in [0.3, 0.4) is 0 Å². The van der Waals surface area contributed by atoms with Gasteiger partial charge in [-0.2, -0.15) is 0 Å². The minimum atomic E-state index is -0.236. The fraction of sp³-hybridized carbons (Fsp3) is 0.231. The Labute approximate surface area is 99.6 Å². The molecule has 1 aromatic heterocycles. The van der Waals surface area contributed by atoms with Crippen molar-refractivity contribution >= 4 is 5.91 Å². The third-order valence-electron chi connectivity index (χ3n) is 2.53. The molecule has 0 saturated carbocycles. The lowest BCUT2D eigenvalue weighted by atomic mass is 10.1. The van der Waals surface area contributed by atoms with Crippen LogP contribution in [0.5, 0.6) is 0 Å². The highest BCUT2D eigenvalue weighted by Gasteiger charge is 2.13. The summed E-state index contributed by atoms with van der Waals surface area (Å²) >= 11 is 0. The number of nitrogens with zero attached hydrogens (tertiary/aromatic N) is 1. The Morgan fingerprint density at radius 1 is 1.29 bits per heavy atom. The van der Waals surface area contributed by atoms with E-state index >= 15 is 0 Å². The molecule has 0 spiro atoms. The van der Waals surface area contributed by atoms with Crippen molar-refractivity contribution in [1.82, 2.24) is 10.5 Å². The molecule has 0 aliphatic heterocycles. The molecule has 1 N–H and O–H groups in total. The second-order valence-electron chi connectivity index (χ2n) is 4.01. The van der Waals surface area contributed by atoms with Crippen LogP contribution in [-0.4, -0.2) is 11.1 Å². The van der Waals surface area contributed by atoms with E-state index < -0.39 is 0 Å². The molecule has 88 valence electrons. The number of benzene rings is 1. The topological polar surface area (TPSA) is 55.1 Å². The van der Waals surface area contributed by atoms with Crippen LogP contribution in [-0.2, 0) is 6.54 Å². The number of carbonyl (C=O) groups is 1. The van der Waals surface area contributed by atoms with Gasteiger partial charge in [0.2, 0.25) is 5.76 Å². The van der Waals surface area contributed by atoms with E-state index in [0.29, 0.717) is 6.54 Å². The van der Waals surface area contributed by atoms with Crippen molar-refractivity contribution < 1.29 is 9.32 Å². The van der Waals surface area contributed by atoms with Gasteiger partial charge in [-0.05, 0) is 19.4 Å². The summed E-state index contributed by atoms with van der Waals surface area (Å²) in [6.07, 6.45) is 1.53. The molecular weight excluding hydrogens is 216 g/mol. The van der Waals surface area contributed by atoms with Crippen LogP contribution in [0.4, 0.5) is 0 Å². The molecule has 0 unspecified atom stereocenters. The number of hydrogen-bond acceptors (Lipinski definition) is 3. The first-order valence-electron chi connectivity index (χ1n) is 5.42. The molecular formula is C13H14N2O2. The van der Waals surface area contributed by atoms with Crippen molar-refractivity contribution in [2.75, 3.05) is 0 Å². The molecule has 0 radical (unpaired) electrons. The molecule has 1 aromatic carbocycles.